The number of hydrogen-bond acceptors (Lipinski definition) is 7. The summed E-state index contributed by atoms with van der Waals surface area (Å²) in [6.45, 7) is 4.74. The van der Waals surface area contributed by atoms with Crippen molar-refractivity contribution in [1.82, 2.24) is 20.0 Å². The van der Waals surface area contributed by atoms with Crippen molar-refractivity contribution in [3.63, 3.8) is 0 Å². The average molecular weight is 426 g/mol. The number of nitrogens with zero attached hydrogens (tertiary/aromatic N) is 4. The van der Waals surface area contributed by atoms with E-state index in [2.05, 4.69) is 26.5 Å². The van der Waals surface area contributed by atoms with Gasteiger partial charge < -0.3 is 14.7 Å². The van der Waals surface area contributed by atoms with E-state index in [1.807, 2.05) is 13.8 Å². The number of aryl methyl sites for hydroxylation is 1. The monoisotopic (exact) mass is 425 g/mol. The molecule has 3 heterocycles. The molecule has 0 aromatic carbocycles. The van der Waals surface area contributed by atoms with Gasteiger partial charge in [0.2, 0.25) is 0 Å². The minimum absolute atomic E-state index is 0.0516. The molecule has 1 aliphatic carbocycles. The number of hydrogen-bond donors (Lipinski definition) is 1. The fourth-order valence-corrected chi connectivity index (χ4v) is 4.99. The van der Waals surface area contributed by atoms with E-state index in [4.69, 9.17) is 4.52 Å². The molecule has 0 radical (unpaired) electrons. The first kappa shape index (κ1) is 20.5. The Hall–Kier alpha value is -2.74. The molecule has 4 rings (SSSR count). The van der Waals surface area contributed by atoms with E-state index in [1.165, 1.54) is 48.9 Å². The Labute approximate surface area is 180 Å². The third-order valence-electron chi connectivity index (χ3n) is 5.83. The lowest BCUT2D eigenvalue weighted by Crippen LogP contribution is -2.29. The molecule has 0 saturated heterocycles. The molecule has 0 spiro atoms. The summed E-state index contributed by atoms with van der Waals surface area (Å²) in [6, 6.07) is 1.59. The van der Waals surface area contributed by atoms with Crippen molar-refractivity contribution < 1.29 is 9.32 Å². The van der Waals surface area contributed by atoms with Crippen molar-refractivity contribution in [3.8, 4) is 0 Å². The maximum atomic E-state index is 13.2. The Kier molecular flexibility index (Phi) is 6.13. The van der Waals surface area contributed by atoms with E-state index >= 15 is 0 Å². The second-order valence-electron chi connectivity index (χ2n) is 7.76. The van der Waals surface area contributed by atoms with E-state index in [-0.39, 0.29) is 11.9 Å². The van der Waals surface area contributed by atoms with Gasteiger partial charge in [-0.2, -0.15) is 0 Å². The quantitative estimate of drug-likeness (QED) is 0.529. The predicted molar refractivity (Wildman–Crippen MR) is 119 cm³/mol. The number of thiophene rings is 1. The number of amides is 1. The van der Waals surface area contributed by atoms with Gasteiger partial charge in [-0.1, -0.05) is 16.8 Å². The van der Waals surface area contributed by atoms with Crippen molar-refractivity contribution in [3.05, 3.63) is 46.4 Å². The molecule has 158 valence electrons. The summed E-state index contributed by atoms with van der Waals surface area (Å²) in [5.41, 5.74) is 3.17. The fourth-order valence-electron chi connectivity index (χ4n) is 3.85. The largest absolute Gasteiger partial charge is 0.369 e. The van der Waals surface area contributed by atoms with Gasteiger partial charge in [0.05, 0.1) is 16.3 Å². The van der Waals surface area contributed by atoms with Crippen LogP contribution in [0.2, 0.25) is 0 Å². The van der Waals surface area contributed by atoms with E-state index < -0.39 is 0 Å². The highest BCUT2D eigenvalue weighted by Crippen LogP contribution is 2.35. The number of anilines is 1. The molecule has 8 heteroatoms. The molecule has 0 bridgehead atoms. The lowest BCUT2D eigenvalue weighted by atomic mass is 9.97. The number of allylic oxidation sites excluding steroid dienone is 1. The highest BCUT2D eigenvalue weighted by molar-refractivity contribution is 7.20. The van der Waals surface area contributed by atoms with Gasteiger partial charge in [0.1, 0.15) is 28.9 Å². The second-order valence-corrected chi connectivity index (χ2v) is 8.76. The SMILES string of the molecule is Cc1c(C(=O)N(C)C(C)c2ccon2)sc2ncnc(NCCC3=CCCCC3)c12. The Balaban J connectivity index is 1.54. The summed E-state index contributed by atoms with van der Waals surface area (Å²) >= 11 is 1.41. The summed E-state index contributed by atoms with van der Waals surface area (Å²) in [7, 11) is 1.79. The minimum atomic E-state index is -0.187. The Morgan fingerprint density at radius 1 is 1.37 bits per heavy atom. The number of carbonyl (C=O) groups excluding carboxylic acids is 1. The van der Waals surface area contributed by atoms with Crippen LogP contribution in [-0.2, 0) is 0 Å². The Morgan fingerprint density at radius 2 is 2.23 bits per heavy atom. The summed E-state index contributed by atoms with van der Waals surface area (Å²) in [6.07, 6.45) is 11.5. The minimum Gasteiger partial charge on any atom is -0.369 e. The lowest BCUT2D eigenvalue weighted by Gasteiger charge is -2.22. The third kappa shape index (κ3) is 4.09. The van der Waals surface area contributed by atoms with E-state index in [0.717, 1.165) is 40.3 Å². The predicted octanol–water partition coefficient (Wildman–Crippen LogP) is 5.12. The third-order valence-corrected chi connectivity index (χ3v) is 7.02. The number of nitrogens with one attached hydrogen (secondary N) is 1. The van der Waals surface area contributed by atoms with E-state index in [9.17, 15) is 4.79 Å². The van der Waals surface area contributed by atoms with Crippen molar-refractivity contribution in [2.45, 2.75) is 52.0 Å². The normalized spacial score (nSPS) is 15.1. The lowest BCUT2D eigenvalue weighted by molar-refractivity contribution is 0.0742. The standard InChI is InChI=1S/C22H27N5O2S/c1-14-18-20(23-11-9-16-7-5-4-6-8-16)24-13-25-21(18)30-19(14)22(28)27(3)15(2)17-10-12-29-26-17/h7,10,12-13,15H,4-6,8-9,11H2,1-3H3,(H,23,24,25). The van der Waals surface area contributed by atoms with Crippen LogP contribution >= 0.6 is 11.3 Å². The zero-order valence-electron chi connectivity index (χ0n) is 17.6. The zero-order valence-corrected chi connectivity index (χ0v) is 18.5. The zero-order chi connectivity index (χ0) is 21.1. The van der Waals surface area contributed by atoms with Gasteiger partial charge in [-0.3, -0.25) is 4.79 Å². The molecule has 1 aliphatic rings. The molecule has 3 aromatic rings. The molecule has 1 N–H and O–H groups in total. The second kappa shape index (κ2) is 8.95. The maximum absolute atomic E-state index is 13.2. The molecule has 3 aromatic heterocycles. The summed E-state index contributed by atoms with van der Waals surface area (Å²) < 4.78 is 4.92. The number of fused-ring (bicyclic) bond motifs is 1. The van der Waals surface area contributed by atoms with Crippen LogP contribution in [-0.4, -0.2) is 39.5 Å². The van der Waals surface area contributed by atoms with Crippen LogP contribution in [0.3, 0.4) is 0 Å². The number of rotatable bonds is 7. The average Bonchev–Trinajstić information content (AvgIpc) is 3.42. The molecule has 0 aliphatic heterocycles. The fraction of sp³-hybridized carbons (Fsp3) is 0.455. The molecule has 0 fully saturated rings. The van der Waals surface area contributed by atoms with Crippen molar-refractivity contribution >= 4 is 33.3 Å². The van der Waals surface area contributed by atoms with Crippen molar-refractivity contribution in [2.24, 2.45) is 0 Å². The highest BCUT2D eigenvalue weighted by Gasteiger charge is 2.26. The van der Waals surface area contributed by atoms with Gasteiger partial charge in [-0.05, 0) is 51.5 Å². The van der Waals surface area contributed by atoms with E-state index in [0.29, 0.717) is 4.88 Å². The Bertz CT molecular complexity index is 1060. The molecule has 7 nitrogen and oxygen atoms in total. The van der Waals surface area contributed by atoms with Crippen LogP contribution in [0.25, 0.3) is 10.2 Å². The van der Waals surface area contributed by atoms with Gasteiger partial charge in [0.15, 0.2) is 0 Å². The maximum Gasteiger partial charge on any atom is 0.264 e. The van der Waals surface area contributed by atoms with Crippen LogP contribution < -0.4 is 5.32 Å². The van der Waals surface area contributed by atoms with Crippen LogP contribution in [0, 0.1) is 6.92 Å². The van der Waals surface area contributed by atoms with Gasteiger partial charge in [0.25, 0.3) is 5.91 Å². The summed E-state index contributed by atoms with van der Waals surface area (Å²) in [4.78, 5) is 25.3. The first-order chi connectivity index (χ1) is 14.6. The van der Waals surface area contributed by atoms with E-state index in [1.54, 1.807) is 24.3 Å². The van der Waals surface area contributed by atoms with Crippen LogP contribution in [0.5, 0.6) is 0 Å². The smallest absolute Gasteiger partial charge is 0.264 e. The highest BCUT2D eigenvalue weighted by atomic mass is 32.1. The van der Waals surface area contributed by atoms with Gasteiger partial charge in [-0.15, -0.1) is 11.3 Å². The van der Waals surface area contributed by atoms with Crippen molar-refractivity contribution in [1.29, 1.82) is 0 Å². The molecule has 1 amide bonds. The van der Waals surface area contributed by atoms with Crippen LogP contribution in [0.4, 0.5) is 5.82 Å². The molecule has 0 saturated carbocycles. The Morgan fingerprint density at radius 3 is 2.97 bits per heavy atom. The first-order valence-electron chi connectivity index (χ1n) is 10.4. The van der Waals surface area contributed by atoms with Crippen molar-refractivity contribution in [2.75, 3.05) is 18.9 Å². The molecule has 30 heavy (non-hydrogen) atoms. The van der Waals surface area contributed by atoms with Crippen LogP contribution in [0.15, 0.2) is 34.8 Å². The number of aromatic nitrogens is 3. The summed E-state index contributed by atoms with van der Waals surface area (Å²) in [5, 5.41) is 8.37. The van der Waals surface area contributed by atoms with Gasteiger partial charge >= 0.3 is 0 Å². The molecular weight excluding hydrogens is 398 g/mol. The van der Waals surface area contributed by atoms with Crippen LogP contribution in [0.1, 0.15) is 66.0 Å². The first-order valence-corrected chi connectivity index (χ1v) is 11.2. The number of carbonyl (C=O) groups is 1. The van der Waals surface area contributed by atoms with Gasteiger partial charge in [0, 0.05) is 19.7 Å². The van der Waals surface area contributed by atoms with Gasteiger partial charge in [-0.25, -0.2) is 9.97 Å². The summed E-state index contributed by atoms with van der Waals surface area (Å²) in [5.74, 6) is 0.751. The molecule has 1 unspecified atom stereocenters. The molecular formula is C22H27N5O2S. The topological polar surface area (TPSA) is 84.2 Å². The molecule has 1 atom stereocenters.